The molecule has 318 valence electrons. The number of aliphatic hydroxyl groups excluding tert-OH is 5. The maximum absolute atomic E-state index is 13.7. The number of hydrogen-bond acceptors (Lipinski definition) is 15. The van der Waals surface area contributed by atoms with Crippen LogP contribution in [0.3, 0.4) is 0 Å². The van der Waals surface area contributed by atoms with Gasteiger partial charge in [-0.05, 0) is 57.4 Å². The first-order valence-electron chi connectivity index (χ1n) is 20.6. The standard InChI is InChI=1S/C39H68N2O14.Na/c1-4-24-18-25(26(44)15-11-6-5-7-12-16-40)19-27(35(24)55-39-34(48)33(47)31(45)21(2)51-39)53-38-30(41-22(3)43)36(32(46)29(20-42)54-38)52-28(37(49)50)17-23-13-9-8-10-14-23;/h21,23-25,27-36,38-39,42,45-48H,4-20,40H2,1-3H3,(H,41,43)(H,49,50);/q;+1/p-1/t21?,24?,25?,27-,28+,29?,30?,31-,32+,33?,34+,35-,36?,38-,39+;/m1./s1. The molecule has 8 N–H and O–H groups in total. The third-order valence-corrected chi connectivity index (χ3v) is 12.0. The number of Topliss-reactive ketones (excluding diaryl/α,β-unsaturated/α-hetero) is 1. The van der Waals surface area contributed by atoms with E-state index >= 15 is 0 Å². The number of ether oxygens (including phenoxy) is 5. The van der Waals surface area contributed by atoms with Crippen molar-refractivity contribution >= 4 is 17.7 Å². The Bertz CT molecular complexity index is 1200. The molecule has 2 saturated heterocycles. The number of carboxylic acid groups (broad SMARTS) is 1. The molecule has 2 saturated carbocycles. The number of nitrogens with two attached hydrogens (primary N) is 1. The van der Waals surface area contributed by atoms with Gasteiger partial charge in [0.2, 0.25) is 5.91 Å². The zero-order valence-electron chi connectivity index (χ0n) is 33.7. The van der Waals surface area contributed by atoms with E-state index in [1.807, 2.05) is 6.92 Å². The first-order chi connectivity index (χ1) is 26.3. The summed E-state index contributed by atoms with van der Waals surface area (Å²) in [6, 6.07) is -1.28. The van der Waals surface area contributed by atoms with Crippen molar-refractivity contribution < 1.29 is 98.3 Å². The summed E-state index contributed by atoms with van der Waals surface area (Å²) in [5, 5.41) is 68.6. The van der Waals surface area contributed by atoms with Crippen LogP contribution < -0.4 is 45.7 Å². The largest absolute Gasteiger partial charge is 1.00 e. The van der Waals surface area contributed by atoms with Gasteiger partial charge < -0.3 is 70.2 Å². The van der Waals surface area contributed by atoms with E-state index in [0.717, 1.165) is 57.8 Å². The van der Waals surface area contributed by atoms with E-state index in [2.05, 4.69) is 5.32 Å². The Morgan fingerprint density at radius 1 is 0.875 bits per heavy atom. The predicted molar refractivity (Wildman–Crippen MR) is 195 cm³/mol. The number of carbonyl (C=O) groups excluding carboxylic acids is 3. The molecule has 0 aromatic rings. The van der Waals surface area contributed by atoms with Gasteiger partial charge in [0, 0.05) is 19.3 Å². The van der Waals surface area contributed by atoms with Crippen molar-refractivity contribution in [2.75, 3.05) is 13.2 Å². The van der Waals surface area contributed by atoms with Crippen molar-refractivity contribution in [3.8, 4) is 0 Å². The summed E-state index contributed by atoms with van der Waals surface area (Å²) in [4.78, 5) is 38.8. The number of carboxylic acids is 1. The van der Waals surface area contributed by atoms with E-state index in [1.54, 1.807) is 0 Å². The first-order valence-corrected chi connectivity index (χ1v) is 20.6. The van der Waals surface area contributed by atoms with E-state index < -0.39 is 104 Å². The Hall–Kier alpha value is -0.830. The molecule has 2 aliphatic heterocycles. The molecule has 2 aliphatic carbocycles. The Morgan fingerprint density at radius 2 is 1.55 bits per heavy atom. The van der Waals surface area contributed by atoms with Crippen molar-refractivity contribution in [2.45, 2.75) is 197 Å². The van der Waals surface area contributed by atoms with E-state index in [9.17, 15) is 45.0 Å². The van der Waals surface area contributed by atoms with E-state index in [1.165, 1.54) is 13.8 Å². The summed E-state index contributed by atoms with van der Waals surface area (Å²) in [6.45, 7) is 4.63. The average Bonchev–Trinajstić information content (AvgIpc) is 3.16. The van der Waals surface area contributed by atoms with Crippen LogP contribution >= 0.6 is 0 Å². The number of aliphatic hydroxyl groups is 5. The van der Waals surface area contributed by atoms with Gasteiger partial charge in [-0.3, -0.25) is 9.59 Å². The van der Waals surface area contributed by atoms with Gasteiger partial charge in [-0.15, -0.1) is 0 Å². The minimum Gasteiger partial charge on any atom is -0.547 e. The van der Waals surface area contributed by atoms with Crippen molar-refractivity contribution in [2.24, 2.45) is 23.5 Å². The third kappa shape index (κ3) is 13.6. The Balaban J connectivity index is 0.00000841. The minimum absolute atomic E-state index is 0. The molecule has 0 radical (unpaired) electrons. The van der Waals surface area contributed by atoms with Gasteiger partial charge in [-0.1, -0.05) is 64.7 Å². The van der Waals surface area contributed by atoms with Crippen molar-refractivity contribution in [1.82, 2.24) is 5.32 Å². The molecule has 0 aromatic carbocycles. The molecule has 15 atom stereocenters. The molecule has 0 spiro atoms. The van der Waals surface area contributed by atoms with Crippen LogP contribution in [-0.2, 0) is 38.1 Å². The third-order valence-electron chi connectivity index (χ3n) is 12.0. The molecule has 0 bridgehead atoms. The molecular weight excluding hydrogens is 743 g/mol. The second-order valence-corrected chi connectivity index (χ2v) is 16.2. The van der Waals surface area contributed by atoms with Gasteiger partial charge in [0.25, 0.3) is 0 Å². The normalized spacial score (nSPS) is 37.3. The van der Waals surface area contributed by atoms with Crippen molar-refractivity contribution in [3.05, 3.63) is 0 Å². The van der Waals surface area contributed by atoms with Crippen LogP contribution in [0.25, 0.3) is 0 Å². The van der Waals surface area contributed by atoms with Gasteiger partial charge in [-0.25, -0.2) is 0 Å². The molecule has 4 rings (SSSR count). The van der Waals surface area contributed by atoms with Crippen LogP contribution in [0.15, 0.2) is 0 Å². The fourth-order valence-corrected chi connectivity index (χ4v) is 8.80. The number of nitrogens with one attached hydrogen (secondary N) is 1. The fourth-order valence-electron chi connectivity index (χ4n) is 8.80. The number of aliphatic carboxylic acids is 1. The first kappa shape index (κ1) is 49.5. The predicted octanol–water partition coefficient (Wildman–Crippen LogP) is -3.05. The summed E-state index contributed by atoms with van der Waals surface area (Å²) in [7, 11) is 0. The molecule has 4 fully saturated rings. The number of ketones is 1. The summed E-state index contributed by atoms with van der Waals surface area (Å²) < 4.78 is 31.1. The van der Waals surface area contributed by atoms with Crippen LogP contribution in [0.1, 0.15) is 117 Å². The van der Waals surface area contributed by atoms with Gasteiger partial charge >= 0.3 is 29.6 Å². The van der Waals surface area contributed by atoms with Crippen LogP contribution in [0, 0.1) is 17.8 Å². The number of hydrogen-bond donors (Lipinski definition) is 7. The number of rotatable bonds is 20. The topological polar surface area (TPSA) is 260 Å². The van der Waals surface area contributed by atoms with Gasteiger partial charge in [0.15, 0.2) is 12.6 Å². The molecule has 4 aliphatic rings. The maximum atomic E-state index is 13.7. The summed E-state index contributed by atoms with van der Waals surface area (Å²) >= 11 is 0. The molecule has 1 amide bonds. The zero-order chi connectivity index (χ0) is 40.2. The van der Waals surface area contributed by atoms with E-state index in [-0.39, 0.29) is 60.0 Å². The number of unbranched alkanes of at least 4 members (excludes halogenated alkanes) is 4. The second kappa shape index (κ2) is 24.4. The number of amides is 1. The number of carbonyl (C=O) groups is 3. The van der Waals surface area contributed by atoms with Crippen molar-refractivity contribution in [3.63, 3.8) is 0 Å². The monoisotopic (exact) mass is 810 g/mol. The van der Waals surface area contributed by atoms with E-state index in [0.29, 0.717) is 32.2 Å². The Morgan fingerprint density at radius 3 is 2.18 bits per heavy atom. The van der Waals surface area contributed by atoms with E-state index in [4.69, 9.17) is 29.4 Å². The molecule has 0 aromatic heterocycles. The molecule has 7 unspecified atom stereocenters. The second-order valence-electron chi connectivity index (χ2n) is 16.2. The molecular formula is C39H67N2NaO14. The quantitative estimate of drug-likeness (QED) is 0.0476. The van der Waals surface area contributed by atoms with Gasteiger partial charge in [0.05, 0.1) is 37.0 Å². The molecule has 17 heteroatoms. The average molecular weight is 811 g/mol. The van der Waals surface area contributed by atoms with Crippen LogP contribution in [0.4, 0.5) is 0 Å². The molecule has 16 nitrogen and oxygen atoms in total. The maximum Gasteiger partial charge on any atom is 1.00 e. The SMILES string of the molecule is CCC1CC(C(=O)CCCCCCCN)C[C@@H](O[C@@H]2OC(CO)[C@H](O)C(O[C@@H](CC3CCCCC3)C(=O)[O-])C2NC(C)=O)[C@@H]1O[C@@H]1OC(C)[C@@H](O)C(O)[C@@H]1O.[Na+]. The smallest absolute Gasteiger partial charge is 0.547 e. The van der Waals surface area contributed by atoms with Crippen LogP contribution in [-0.4, -0.2) is 136 Å². The summed E-state index contributed by atoms with van der Waals surface area (Å²) in [5.74, 6) is -2.67. The summed E-state index contributed by atoms with van der Waals surface area (Å²) in [5.41, 5.74) is 5.61. The zero-order valence-corrected chi connectivity index (χ0v) is 35.7. The van der Waals surface area contributed by atoms with Gasteiger partial charge in [0.1, 0.15) is 48.4 Å². The van der Waals surface area contributed by atoms with Crippen LogP contribution in [0.2, 0.25) is 0 Å². The minimum atomic E-state index is -1.61. The Labute approximate surface area is 353 Å². The van der Waals surface area contributed by atoms with Gasteiger partial charge in [-0.2, -0.15) is 0 Å². The molecule has 56 heavy (non-hydrogen) atoms. The van der Waals surface area contributed by atoms with Crippen molar-refractivity contribution in [1.29, 1.82) is 0 Å². The Kier molecular flexibility index (Phi) is 21.6. The summed E-state index contributed by atoms with van der Waals surface area (Å²) in [6.07, 6.45) is -4.99. The fraction of sp³-hybridized carbons (Fsp3) is 0.923. The van der Waals surface area contributed by atoms with Crippen LogP contribution in [0.5, 0.6) is 0 Å². The molecule has 2 heterocycles.